The van der Waals surface area contributed by atoms with Crippen molar-refractivity contribution in [2.45, 2.75) is 30.6 Å². The quantitative estimate of drug-likeness (QED) is 0.645. The number of carbonyl (C=O) groups excluding carboxylic acids is 1. The van der Waals surface area contributed by atoms with E-state index in [2.05, 4.69) is 9.71 Å². The first kappa shape index (κ1) is 21.0. The van der Waals surface area contributed by atoms with Crippen LogP contribution in [0.3, 0.4) is 0 Å². The standard InChI is InChI=1S/C22H22FN3O4S/c23-15-5-7-16(8-6-15)25-31(29,30)17-9-10-20-18(13-17)19(14-21(27)24-20)22(28)26-11-3-1-2-4-12-26/h5-10,13-14,25H,1-4,11-12H2,(H,24,27). The van der Waals surface area contributed by atoms with Crippen LogP contribution in [0.15, 0.2) is 58.2 Å². The van der Waals surface area contributed by atoms with E-state index in [9.17, 15) is 22.4 Å². The van der Waals surface area contributed by atoms with Gasteiger partial charge in [-0.15, -0.1) is 0 Å². The van der Waals surface area contributed by atoms with E-state index in [1.165, 1.54) is 36.4 Å². The Morgan fingerprint density at radius 1 is 0.968 bits per heavy atom. The van der Waals surface area contributed by atoms with Crippen molar-refractivity contribution in [1.29, 1.82) is 0 Å². The number of fused-ring (bicyclic) bond motifs is 1. The molecular formula is C22H22FN3O4S. The van der Waals surface area contributed by atoms with Gasteiger partial charge in [0, 0.05) is 35.7 Å². The molecule has 0 atom stereocenters. The number of nitrogens with zero attached hydrogens (tertiary/aromatic N) is 1. The third-order valence-electron chi connectivity index (χ3n) is 5.34. The Morgan fingerprint density at radius 2 is 1.65 bits per heavy atom. The van der Waals surface area contributed by atoms with Crippen molar-refractivity contribution in [1.82, 2.24) is 9.88 Å². The number of H-pyrrole nitrogens is 1. The maximum atomic E-state index is 13.2. The number of benzene rings is 2. The molecule has 9 heteroatoms. The number of amides is 1. The number of anilines is 1. The molecule has 2 N–H and O–H groups in total. The number of hydrogen-bond donors (Lipinski definition) is 2. The molecule has 3 aromatic rings. The van der Waals surface area contributed by atoms with E-state index in [1.807, 2.05) is 0 Å². The number of hydrogen-bond acceptors (Lipinski definition) is 4. The molecule has 1 amide bonds. The molecule has 4 rings (SSSR count). The minimum absolute atomic E-state index is 0.0682. The average Bonchev–Trinajstić information content (AvgIpc) is 3.03. The molecular weight excluding hydrogens is 421 g/mol. The van der Waals surface area contributed by atoms with Gasteiger partial charge in [-0.1, -0.05) is 12.8 Å². The number of pyridine rings is 1. The molecule has 2 aromatic carbocycles. The Labute approximate surface area is 178 Å². The van der Waals surface area contributed by atoms with Crippen LogP contribution in [0, 0.1) is 5.82 Å². The highest BCUT2D eigenvalue weighted by molar-refractivity contribution is 7.92. The Balaban J connectivity index is 1.74. The molecule has 0 spiro atoms. The number of sulfonamides is 1. The molecule has 0 aliphatic carbocycles. The van der Waals surface area contributed by atoms with Gasteiger partial charge >= 0.3 is 0 Å². The molecule has 1 aromatic heterocycles. The van der Waals surface area contributed by atoms with Crippen molar-refractivity contribution in [3.63, 3.8) is 0 Å². The second-order valence-corrected chi connectivity index (χ2v) is 9.26. The van der Waals surface area contributed by atoms with Gasteiger partial charge in [-0.2, -0.15) is 0 Å². The maximum absolute atomic E-state index is 13.2. The molecule has 0 saturated carbocycles. The van der Waals surface area contributed by atoms with Crippen LogP contribution in [-0.2, 0) is 10.0 Å². The number of aromatic amines is 1. The highest BCUT2D eigenvalue weighted by atomic mass is 32.2. The molecule has 1 aliphatic rings. The highest BCUT2D eigenvalue weighted by Crippen LogP contribution is 2.24. The zero-order chi connectivity index (χ0) is 22.0. The summed E-state index contributed by atoms with van der Waals surface area (Å²) in [5, 5.41) is 0.357. The fourth-order valence-electron chi connectivity index (χ4n) is 3.75. The normalized spacial score (nSPS) is 14.9. The average molecular weight is 444 g/mol. The summed E-state index contributed by atoms with van der Waals surface area (Å²) in [4.78, 5) is 29.6. The molecule has 0 bridgehead atoms. The first-order valence-corrected chi connectivity index (χ1v) is 11.6. The first-order chi connectivity index (χ1) is 14.8. The van der Waals surface area contributed by atoms with Gasteiger partial charge in [0.25, 0.3) is 15.9 Å². The van der Waals surface area contributed by atoms with Crippen LogP contribution in [0.4, 0.5) is 10.1 Å². The summed E-state index contributed by atoms with van der Waals surface area (Å²) >= 11 is 0. The fraction of sp³-hybridized carbons (Fsp3) is 0.273. The van der Waals surface area contributed by atoms with Crippen molar-refractivity contribution >= 4 is 32.5 Å². The lowest BCUT2D eigenvalue weighted by Crippen LogP contribution is -2.32. The van der Waals surface area contributed by atoms with Crippen molar-refractivity contribution in [3.8, 4) is 0 Å². The zero-order valence-corrected chi connectivity index (χ0v) is 17.5. The summed E-state index contributed by atoms with van der Waals surface area (Å²) < 4.78 is 41.2. The number of likely N-dealkylation sites (tertiary alicyclic amines) is 1. The first-order valence-electron chi connectivity index (χ1n) is 10.1. The SMILES string of the molecule is O=C(c1cc(=O)[nH]c2ccc(S(=O)(=O)Nc3ccc(F)cc3)cc12)N1CCCCCC1. The number of carbonyl (C=O) groups is 1. The maximum Gasteiger partial charge on any atom is 0.261 e. The Bertz CT molecular complexity index is 1280. The van der Waals surface area contributed by atoms with E-state index in [0.29, 0.717) is 24.0 Å². The number of halogens is 1. The minimum Gasteiger partial charge on any atom is -0.339 e. The third-order valence-corrected chi connectivity index (χ3v) is 6.72. The summed E-state index contributed by atoms with van der Waals surface area (Å²) in [5.74, 6) is -0.756. The second-order valence-electron chi connectivity index (χ2n) is 7.57. The van der Waals surface area contributed by atoms with Gasteiger partial charge in [-0.25, -0.2) is 12.8 Å². The van der Waals surface area contributed by atoms with E-state index >= 15 is 0 Å². The molecule has 1 fully saturated rings. The van der Waals surface area contributed by atoms with Gasteiger partial charge in [-0.3, -0.25) is 14.3 Å². The number of rotatable bonds is 4. The molecule has 1 saturated heterocycles. The molecule has 31 heavy (non-hydrogen) atoms. The van der Waals surface area contributed by atoms with E-state index in [0.717, 1.165) is 37.8 Å². The zero-order valence-electron chi connectivity index (χ0n) is 16.7. The minimum atomic E-state index is -3.99. The van der Waals surface area contributed by atoms with Crippen LogP contribution in [0.25, 0.3) is 10.9 Å². The van der Waals surface area contributed by atoms with E-state index in [-0.39, 0.29) is 22.1 Å². The lowest BCUT2D eigenvalue weighted by molar-refractivity contribution is 0.0763. The van der Waals surface area contributed by atoms with Crippen molar-refractivity contribution in [2.24, 2.45) is 0 Å². The van der Waals surface area contributed by atoms with Crippen LogP contribution in [0.2, 0.25) is 0 Å². The molecule has 1 aliphatic heterocycles. The van der Waals surface area contributed by atoms with Crippen LogP contribution < -0.4 is 10.3 Å². The van der Waals surface area contributed by atoms with E-state index in [1.54, 1.807) is 4.90 Å². The summed E-state index contributed by atoms with van der Waals surface area (Å²) in [7, 11) is -3.99. The third kappa shape index (κ3) is 4.61. The van der Waals surface area contributed by atoms with Crippen LogP contribution in [-0.4, -0.2) is 37.3 Å². The van der Waals surface area contributed by atoms with Crippen molar-refractivity contribution in [3.05, 3.63) is 70.3 Å². The predicted molar refractivity (Wildman–Crippen MR) is 116 cm³/mol. The van der Waals surface area contributed by atoms with Gasteiger partial charge in [-0.05, 0) is 55.3 Å². The monoisotopic (exact) mass is 443 g/mol. The van der Waals surface area contributed by atoms with E-state index < -0.39 is 21.4 Å². The lowest BCUT2D eigenvalue weighted by Gasteiger charge is -2.21. The van der Waals surface area contributed by atoms with Crippen LogP contribution in [0.1, 0.15) is 36.0 Å². The lowest BCUT2D eigenvalue weighted by atomic mass is 10.1. The molecule has 162 valence electrons. The Morgan fingerprint density at radius 3 is 2.32 bits per heavy atom. The van der Waals surface area contributed by atoms with Gasteiger partial charge in [0.05, 0.1) is 10.5 Å². The largest absolute Gasteiger partial charge is 0.339 e. The smallest absolute Gasteiger partial charge is 0.261 e. The van der Waals surface area contributed by atoms with Gasteiger partial charge in [0.15, 0.2) is 0 Å². The molecule has 7 nitrogen and oxygen atoms in total. The van der Waals surface area contributed by atoms with Crippen molar-refractivity contribution < 1.29 is 17.6 Å². The van der Waals surface area contributed by atoms with Crippen LogP contribution >= 0.6 is 0 Å². The summed E-state index contributed by atoms with van der Waals surface area (Å²) in [6, 6.07) is 10.4. The highest BCUT2D eigenvalue weighted by Gasteiger charge is 2.22. The second kappa shape index (κ2) is 8.50. The Hall–Kier alpha value is -3.20. The van der Waals surface area contributed by atoms with Gasteiger partial charge < -0.3 is 9.88 Å². The Kier molecular flexibility index (Phi) is 5.77. The molecule has 0 radical (unpaired) electrons. The van der Waals surface area contributed by atoms with E-state index in [4.69, 9.17) is 0 Å². The van der Waals surface area contributed by atoms with Crippen LogP contribution in [0.5, 0.6) is 0 Å². The molecule has 0 unspecified atom stereocenters. The summed E-state index contributed by atoms with van der Waals surface area (Å²) in [5.41, 5.74) is 0.348. The predicted octanol–water partition coefficient (Wildman–Crippen LogP) is 3.48. The summed E-state index contributed by atoms with van der Waals surface area (Å²) in [6.45, 7) is 1.22. The topological polar surface area (TPSA) is 99.3 Å². The number of nitrogens with one attached hydrogen (secondary N) is 2. The fourth-order valence-corrected chi connectivity index (χ4v) is 4.84. The molecule has 2 heterocycles. The van der Waals surface area contributed by atoms with Gasteiger partial charge in [0.1, 0.15) is 5.82 Å². The summed E-state index contributed by atoms with van der Waals surface area (Å²) in [6.07, 6.45) is 3.90. The van der Waals surface area contributed by atoms with Gasteiger partial charge in [0.2, 0.25) is 5.56 Å². The number of aromatic nitrogens is 1. The van der Waals surface area contributed by atoms with Crippen molar-refractivity contribution in [2.75, 3.05) is 17.8 Å².